The maximum Gasteiger partial charge on any atom is 0.281 e. The molecule has 25 heavy (non-hydrogen) atoms. The Bertz CT molecular complexity index is 932. The van der Waals surface area contributed by atoms with Gasteiger partial charge in [0.05, 0.1) is 6.54 Å². The van der Waals surface area contributed by atoms with Crippen molar-refractivity contribution < 1.29 is 0 Å². The number of aromatic amines is 1. The Morgan fingerprint density at radius 1 is 1.32 bits per heavy atom. The van der Waals surface area contributed by atoms with Crippen molar-refractivity contribution in [1.29, 1.82) is 0 Å². The highest BCUT2D eigenvalue weighted by atomic mass is 35.5. The lowest BCUT2D eigenvalue weighted by molar-refractivity contribution is 0.446. The van der Waals surface area contributed by atoms with E-state index in [1.54, 1.807) is 4.68 Å². The van der Waals surface area contributed by atoms with E-state index in [0.29, 0.717) is 23.0 Å². The number of hydrogen-bond acceptors (Lipinski definition) is 5. The summed E-state index contributed by atoms with van der Waals surface area (Å²) in [6.07, 6.45) is 2.08. The third-order valence-corrected chi connectivity index (χ3v) is 4.72. The van der Waals surface area contributed by atoms with Gasteiger partial charge in [0.1, 0.15) is 5.82 Å². The predicted octanol–water partition coefficient (Wildman–Crippen LogP) is 2.11. The fourth-order valence-corrected chi connectivity index (χ4v) is 3.25. The zero-order valence-corrected chi connectivity index (χ0v) is 15.0. The molecule has 3 heterocycles. The van der Waals surface area contributed by atoms with Gasteiger partial charge in [0.15, 0.2) is 11.2 Å². The van der Waals surface area contributed by atoms with Crippen molar-refractivity contribution in [2.45, 2.75) is 25.3 Å². The molecule has 1 fully saturated rings. The SMILES string of the molecule is Cl.O=c1[nH]c(C2CCCNC2)nc2c1nnn2Cc1ccccc1Cl. The molecule has 0 amide bonds. The molecule has 9 heteroatoms. The molecule has 1 saturated heterocycles. The number of nitrogens with zero attached hydrogens (tertiary/aromatic N) is 4. The fraction of sp³-hybridized carbons (Fsp3) is 0.375. The summed E-state index contributed by atoms with van der Waals surface area (Å²) >= 11 is 6.22. The molecule has 0 radical (unpaired) electrons. The molecule has 4 rings (SSSR count). The third kappa shape index (κ3) is 3.53. The molecule has 2 N–H and O–H groups in total. The van der Waals surface area contributed by atoms with E-state index in [-0.39, 0.29) is 29.4 Å². The van der Waals surface area contributed by atoms with E-state index in [2.05, 4.69) is 25.6 Å². The fourth-order valence-electron chi connectivity index (χ4n) is 3.06. The van der Waals surface area contributed by atoms with Crippen LogP contribution in [0.1, 0.15) is 30.1 Å². The lowest BCUT2D eigenvalue weighted by Crippen LogP contribution is -2.30. The summed E-state index contributed by atoms with van der Waals surface area (Å²) in [5, 5.41) is 12.1. The van der Waals surface area contributed by atoms with Crippen LogP contribution in [0.5, 0.6) is 0 Å². The van der Waals surface area contributed by atoms with Gasteiger partial charge < -0.3 is 10.3 Å². The van der Waals surface area contributed by atoms with Gasteiger partial charge in [0, 0.05) is 17.5 Å². The first-order chi connectivity index (χ1) is 11.7. The molecule has 0 spiro atoms. The Hall–Kier alpha value is -1.96. The monoisotopic (exact) mass is 380 g/mol. The first kappa shape index (κ1) is 17.8. The van der Waals surface area contributed by atoms with Gasteiger partial charge in [0.25, 0.3) is 5.56 Å². The molecule has 7 nitrogen and oxygen atoms in total. The van der Waals surface area contributed by atoms with Crippen molar-refractivity contribution in [3.8, 4) is 0 Å². The van der Waals surface area contributed by atoms with Crippen molar-refractivity contribution in [3.05, 3.63) is 51.0 Å². The second-order valence-electron chi connectivity index (χ2n) is 6.01. The Morgan fingerprint density at radius 3 is 2.92 bits per heavy atom. The van der Waals surface area contributed by atoms with Gasteiger partial charge in [-0.05, 0) is 31.0 Å². The number of hydrogen-bond donors (Lipinski definition) is 2. The van der Waals surface area contributed by atoms with Gasteiger partial charge in [-0.25, -0.2) is 9.67 Å². The lowest BCUT2D eigenvalue weighted by atomic mass is 9.99. The molecule has 1 unspecified atom stereocenters. The normalized spacial score (nSPS) is 17.4. The molecule has 132 valence electrons. The average molecular weight is 381 g/mol. The number of H-pyrrole nitrogens is 1. The Balaban J connectivity index is 0.00000182. The van der Waals surface area contributed by atoms with Crippen LogP contribution in [0.25, 0.3) is 11.2 Å². The van der Waals surface area contributed by atoms with Crippen LogP contribution in [0.15, 0.2) is 29.1 Å². The highest BCUT2D eigenvalue weighted by Gasteiger charge is 2.20. The van der Waals surface area contributed by atoms with Crippen LogP contribution in [0.2, 0.25) is 5.02 Å². The molecular formula is C16H18Cl2N6O. The van der Waals surface area contributed by atoms with Crippen LogP contribution >= 0.6 is 24.0 Å². The number of halogens is 2. The first-order valence-electron chi connectivity index (χ1n) is 8.00. The Kier molecular flexibility index (Phi) is 5.36. The molecule has 3 aromatic rings. The van der Waals surface area contributed by atoms with Crippen LogP contribution in [-0.2, 0) is 6.54 Å². The van der Waals surface area contributed by atoms with Crippen molar-refractivity contribution in [2.75, 3.05) is 13.1 Å². The summed E-state index contributed by atoms with van der Waals surface area (Å²) in [5.74, 6) is 0.905. The highest BCUT2D eigenvalue weighted by Crippen LogP contribution is 2.21. The van der Waals surface area contributed by atoms with Crippen LogP contribution in [-0.4, -0.2) is 38.1 Å². The largest absolute Gasteiger partial charge is 0.316 e. The Labute approximate surface area is 155 Å². The van der Waals surface area contributed by atoms with Crippen molar-refractivity contribution >= 4 is 35.2 Å². The minimum Gasteiger partial charge on any atom is -0.316 e. The maximum absolute atomic E-state index is 12.3. The van der Waals surface area contributed by atoms with Gasteiger partial charge in [-0.3, -0.25) is 4.79 Å². The number of aromatic nitrogens is 5. The molecule has 1 aliphatic rings. The highest BCUT2D eigenvalue weighted by molar-refractivity contribution is 6.31. The van der Waals surface area contributed by atoms with Crippen LogP contribution in [0.3, 0.4) is 0 Å². The second kappa shape index (κ2) is 7.51. The summed E-state index contributed by atoms with van der Waals surface area (Å²) in [6.45, 7) is 2.25. The molecule has 1 aromatic carbocycles. The van der Waals surface area contributed by atoms with Crippen LogP contribution < -0.4 is 10.9 Å². The van der Waals surface area contributed by atoms with E-state index < -0.39 is 0 Å². The minimum atomic E-state index is -0.244. The molecule has 2 aromatic heterocycles. The Morgan fingerprint density at radius 2 is 2.16 bits per heavy atom. The zero-order valence-electron chi connectivity index (χ0n) is 13.4. The first-order valence-corrected chi connectivity index (χ1v) is 8.37. The molecule has 1 atom stereocenters. The van der Waals surface area contributed by atoms with Crippen molar-refractivity contribution in [1.82, 2.24) is 30.3 Å². The van der Waals surface area contributed by atoms with Crippen molar-refractivity contribution in [2.24, 2.45) is 0 Å². The van der Waals surface area contributed by atoms with E-state index in [1.165, 1.54) is 0 Å². The predicted molar refractivity (Wildman–Crippen MR) is 98.6 cm³/mol. The second-order valence-corrected chi connectivity index (χ2v) is 6.41. The topological polar surface area (TPSA) is 88.5 Å². The smallest absolute Gasteiger partial charge is 0.281 e. The van der Waals surface area contributed by atoms with Gasteiger partial charge in [-0.2, -0.15) is 0 Å². The molecule has 0 saturated carbocycles. The molecule has 0 bridgehead atoms. The van der Waals surface area contributed by atoms with Crippen LogP contribution in [0, 0.1) is 0 Å². The van der Waals surface area contributed by atoms with Crippen LogP contribution in [0.4, 0.5) is 0 Å². The summed E-state index contributed by atoms with van der Waals surface area (Å²) in [5.41, 5.74) is 1.42. The van der Waals surface area contributed by atoms with Gasteiger partial charge in [-0.1, -0.05) is 35.0 Å². The lowest BCUT2D eigenvalue weighted by Gasteiger charge is -2.21. The summed E-state index contributed by atoms with van der Waals surface area (Å²) in [6, 6.07) is 7.55. The van der Waals surface area contributed by atoms with E-state index >= 15 is 0 Å². The standard InChI is InChI=1S/C16H17ClN6O.ClH/c17-12-6-2-1-4-11(12)9-23-15-13(21-22-23)16(24)20-14(19-15)10-5-3-7-18-8-10;/h1-2,4,6,10,18H,3,5,7-9H2,(H,19,20,24);1H. The van der Waals surface area contributed by atoms with E-state index in [1.807, 2.05) is 24.3 Å². The van der Waals surface area contributed by atoms with E-state index in [9.17, 15) is 4.79 Å². The van der Waals surface area contributed by atoms with Gasteiger partial charge in [-0.15, -0.1) is 17.5 Å². The zero-order chi connectivity index (χ0) is 16.5. The molecule has 0 aliphatic carbocycles. The van der Waals surface area contributed by atoms with E-state index in [0.717, 1.165) is 31.5 Å². The van der Waals surface area contributed by atoms with Crippen molar-refractivity contribution in [3.63, 3.8) is 0 Å². The average Bonchev–Trinajstić information content (AvgIpc) is 3.01. The number of piperidine rings is 1. The number of nitrogens with one attached hydrogen (secondary N) is 2. The summed E-state index contributed by atoms with van der Waals surface area (Å²) in [4.78, 5) is 19.8. The maximum atomic E-state index is 12.3. The quantitative estimate of drug-likeness (QED) is 0.726. The molecular weight excluding hydrogens is 363 g/mol. The summed E-state index contributed by atoms with van der Waals surface area (Å²) < 4.78 is 1.63. The number of fused-ring (bicyclic) bond motifs is 1. The summed E-state index contributed by atoms with van der Waals surface area (Å²) in [7, 11) is 0. The molecule has 1 aliphatic heterocycles. The minimum absolute atomic E-state index is 0. The number of rotatable bonds is 3. The number of benzene rings is 1. The van der Waals surface area contributed by atoms with Gasteiger partial charge in [0.2, 0.25) is 0 Å². The van der Waals surface area contributed by atoms with E-state index in [4.69, 9.17) is 11.6 Å². The third-order valence-electron chi connectivity index (χ3n) is 4.35. The van der Waals surface area contributed by atoms with Gasteiger partial charge >= 0.3 is 0 Å².